The van der Waals surface area contributed by atoms with Gasteiger partial charge in [0, 0.05) is 5.56 Å². The van der Waals surface area contributed by atoms with Gasteiger partial charge in [0.2, 0.25) is 0 Å². The average molecular weight is 314 g/mol. The van der Waals surface area contributed by atoms with E-state index in [1.165, 1.54) is 29.0 Å². The lowest BCUT2D eigenvalue weighted by Gasteiger charge is -2.06. The molecule has 0 radical (unpaired) electrons. The third-order valence-electron chi connectivity index (χ3n) is 3.41. The Morgan fingerprint density at radius 2 is 1.91 bits per heavy atom. The lowest BCUT2D eigenvalue weighted by atomic mass is 10.0. The molecule has 1 aromatic heterocycles. The van der Waals surface area contributed by atoms with E-state index in [2.05, 4.69) is 24.1 Å². The number of rotatable bonds is 3. The minimum atomic E-state index is -0.307. The highest BCUT2D eigenvalue weighted by Gasteiger charge is 2.11. The van der Waals surface area contributed by atoms with E-state index < -0.39 is 0 Å². The van der Waals surface area contributed by atoms with E-state index in [1.807, 2.05) is 12.1 Å². The Kier molecular flexibility index (Phi) is 3.90. The van der Waals surface area contributed by atoms with E-state index >= 15 is 0 Å². The highest BCUT2D eigenvalue weighted by atomic mass is 32.1. The number of carbonyl (C=O) groups is 1. The zero-order valence-corrected chi connectivity index (χ0v) is 13.1. The first-order chi connectivity index (χ1) is 10.5. The third-order valence-corrected chi connectivity index (χ3v) is 4.34. The molecule has 3 rings (SSSR count). The van der Waals surface area contributed by atoms with Gasteiger partial charge in [-0.05, 0) is 41.8 Å². The van der Waals surface area contributed by atoms with Gasteiger partial charge < -0.3 is 0 Å². The van der Waals surface area contributed by atoms with Gasteiger partial charge in [0.25, 0.3) is 5.91 Å². The molecule has 22 heavy (non-hydrogen) atoms. The molecule has 0 saturated heterocycles. The highest BCUT2D eigenvalue weighted by Crippen LogP contribution is 2.27. The summed E-state index contributed by atoms with van der Waals surface area (Å²) in [6.07, 6.45) is 0. The molecule has 0 unspecified atom stereocenters. The van der Waals surface area contributed by atoms with Crippen LogP contribution >= 0.6 is 11.3 Å². The van der Waals surface area contributed by atoms with Crippen molar-refractivity contribution in [2.45, 2.75) is 19.8 Å². The summed E-state index contributed by atoms with van der Waals surface area (Å²) in [5.74, 6) is -0.0931. The SMILES string of the molecule is CC(C)c1ccc(C(=O)Nc2nc3ccc(F)cc3s2)cc1. The van der Waals surface area contributed by atoms with E-state index in [1.54, 1.807) is 18.2 Å². The van der Waals surface area contributed by atoms with Crippen LogP contribution in [0.3, 0.4) is 0 Å². The summed E-state index contributed by atoms with van der Waals surface area (Å²) in [6, 6.07) is 11.9. The second-order valence-electron chi connectivity index (χ2n) is 5.36. The Labute approximate surface area is 131 Å². The van der Waals surface area contributed by atoms with Crippen molar-refractivity contribution >= 4 is 32.6 Å². The van der Waals surface area contributed by atoms with Gasteiger partial charge in [-0.3, -0.25) is 10.1 Å². The largest absolute Gasteiger partial charge is 0.298 e. The molecular formula is C17H15FN2OS. The monoisotopic (exact) mass is 314 g/mol. The van der Waals surface area contributed by atoms with Crippen molar-refractivity contribution in [2.75, 3.05) is 5.32 Å². The Balaban J connectivity index is 1.80. The Morgan fingerprint density at radius 1 is 1.18 bits per heavy atom. The maximum atomic E-state index is 13.2. The number of halogens is 1. The van der Waals surface area contributed by atoms with Gasteiger partial charge in [0.05, 0.1) is 10.2 Å². The van der Waals surface area contributed by atoms with Gasteiger partial charge >= 0.3 is 0 Å². The lowest BCUT2D eigenvalue weighted by Crippen LogP contribution is -2.11. The molecule has 2 aromatic carbocycles. The van der Waals surface area contributed by atoms with Crippen molar-refractivity contribution in [2.24, 2.45) is 0 Å². The van der Waals surface area contributed by atoms with Crippen LogP contribution in [0.1, 0.15) is 35.7 Å². The molecule has 0 spiro atoms. The van der Waals surface area contributed by atoms with Crippen LogP contribution in [0.2, 0.25) is 0 Å². The second-order valence-corrected chi connectivity index (χ2v) is 6.39. The number of nitrogens with one attached hydrogen (secondary N) is 1. The first-order valence-electron chi connectivity index (χ1n) is 7.00. The molecule has 1 heterocycles. The van der Waals surface area contributed by atoms with Crippen LogP contribution in [0.4, 0.5) is 9.52 Å². The molecule has 5 heteroatoms. The average Bonchev–Trinajstić information content (AvgIpc) is 2.88. The number of fused-ring (bicyclic) bond motifs is 1. The first-order valence-corrected chi connectivity index (χ1v) is 7.82. The summed E-state index contributed by atoms with van der Waals surface area (Å²) in [5.41, 5.74) is 2.44. The second kappa shape index (κ2) is 5.85. The van der Waals surface area contributed by atoms with E-state index in [0.717, 1.165) is 0 Å². The maximum Gasteiger partial charge on any atom is 0.257 e. The van der Waals surface area contributed by atoms with Crippen molar-refractivity contribution in [1.82, 2.24) is 4.98 Å². The molecule has 0 atom stereocenters. The van der Waals surface area contributed by atoms with Gasteiger partial charge in [0.1, 0.15) is 5.82 Å². The summed E-state index contributed by atoms with van der Waals surface area (Å²) in [6.45, 7) is 4.21. The molecule has 0 bridgehead atoms. The molecule has 112 valence electrons. The normalized spacial score (nSPS) is 11.1. The Bertz CT molecular complexity index is 824. The van der Waals surface area contributed by atoms with Gasteiger partial charge in [-0.15, -0.1) is 0 Å². The fraction of sp³-hybridized carbons (Fsp3) is 0.176. The summed E-state index contributed by atoms with van der Waals surface area (Å²) in [4.78, 5) is 16.5. The quantitative estimate of drug-likeness (QED) is 0.753. The molecular weight excluding hydrogens is 299 g/mol. The van der Waals surface area contributed by atoms with E-state index in [-0.39, 0.29) is 11.7 Å². The Morgan fingerprint density at radius 3 is 2.59 bits per heavy atom. The number of benzene rings is 2. The van der Waals surface area contributed by atoms with Gasteiger partial charge in [-0.25, -0.2) is 9.37 Å². The number of hydrogen-bond donors (Lipinski definition) is 1. The topological polar surface area (TPSA) is 42.0 Å². The molecule has 1 N–H and O–H groups in total. The van der Waals surface area contributed by atoms with Crippen LogP contribution in [0.15, 0.2) is 42.5 Å². The van der Waals surface area contributed by atoms with E-state index in [4.69, 9.17) is 0 Å². The molecule has 3 aromatic rings. The first kappa shape index (κ1) is 14.7. The molecule has 0 aliphatic rings. The summed E-state index contributed by atoms with van der Waals surface area (Å²) < 4.78 is 13.9. The van der Waals surface area contributed by atoms with Gasteiger partial charge in [-0.1, -0.05) is 37.3 Å². The van der Waals surface area contributed by atoms with Gasteiger partial charge in [0.15, 0.2) is 5.13 Å². The van der Waals surface area contributed by atoms with Crippen LogP contribution in [0.25, 0.3) is 10.2 Å². The fourth-order valence-corrected chi connectivity index (χ4v) is 3.03. The lowest BCUT2D eigenvalue weighted by molar-refractivity contribution is 0.102. The zero-order valence-electron chi connectivity index (χ0n) is 12.3. The Hall–Kier alpha value is -2.27. The van der Waals surface area contributed by atoms with Crippen LogP contribution in [-0.2, 0) is 0 Å². The van der Waals surface area contributed by atoms with Gasteiger partial charge in [-0.2, -0.15) is 0 Å². The van der Waals surface area contributed by atoms with E-state index in [0.29, 0.717) is 26.8 Å². The molecule has 0 fully saturated rings. The number of nitrogens with zero attached hydrogens (tertiary/aromatic N) is 1. The van der Waals surface area contributed by atoms with Crippen molar-refractivity contribution in [3.63, 3.8) is 0 Å². The number of anilines is 1. The van der Waals surface area contributed by atoms with Crippen LogP contribution in [-0.4, -0.2) is 10.9 Å². The summed E-state index contributed by atoms with van der Waals surface area (Å²) >= 11 is 1.26. The molecule has 0 saturated carbocycles. The number of aromatic nitrogens is 1. The molecule has 0 aliphatic heterocycles. The van der Waals surface area contributed by atoms with Crippen LogP contribution < -0.4 is 5.32 Å². The highest BCUT2D eigenvalue weighted by molar-refractivity contribution is 7.22. The number of hydrogen-bond acceptors (Lipinski definition) is 3. The predicted molar refractivity (Wildman–Crippen MR) is 88.1 cm³/mol. The zero-order chi connectivity index (χ0) is 15.7. The predicted octanol–water partition coefficient (Wildman–Crippen LogP) is 4.81. The number of amides is 1. The van der Waals surface area contributed by atoms with Crippen molar-refractivity contribution in [3.05, 3.63) is 59.4 Å². The van der Waals surface area contributed by atoms with E-state index in [9.17, 15) is 9.18 Å². The summed E-state index contributed by atoms with van der Waals surface area (Å²) in [5, 5.41) is 3.23. The van der Waals surface area contributed by atoms with Crippen LogP contribution in [0, 0.1) is 5.82 Å². The molecule has 0 aliphatic carbocycles. The molecule has 3 nitrogen and oxygen atoms in total. The van der Waals surface area contributed by atoms with Crippen molar-refractivity contribution < 1.29 is 9.18 Å². The number of thiazole rings is 1. The molecule has 1 amide bonds. The standard InChI is InChI=1S/C17H15FN2OS/c1-10(2)11-3-5-12(6-4-11)16(21)20-17-19-14-8-7-13(18)9-15(14)22-17/h3-10H,1-2H3,(H,19,20,21). The number of carbonyl (C=O) groups excluding carboxylic acids is 1. The summed E-state index contributed by atoms with van der Waals surface area (Å²) in [7, 11) is 0. The maximum absolute atomic E-state index is 13.2. The fourth-order valence-electron chi connectivity index (χ4n) is 2.14. The smallest absolute Gasteiger partial charge is 0.257 e. The van der Waals surface area contributed by atoms with Crippen molar-refractivity contribution in [1.29, 1.82) is 0 Å². The minimum absolute atomic E-state index is 0.213. The van der Waals surface area contributed by atoms with Crippen molar-refractivity contribution in [3.8, 4) is 0 Å². The third kappa shape index (κ3) is 2.99. The van der Waals surface area contributed by atoms with Crippen LogP contribution in [0.5, 0.6) is 0 Å². The minimum Gasteiger partial charge on any atom is -0.298 e.